The van der Waals surface area contributed by atoms with Crippen LogP contribution in [0.5, 0.6) is 0 Å². The van der Waals surface area contributed by atoms with Gasteiger partial charge in [0.05, 0.1) is 5.69 Å². The minimum absolute atomic E-state index is 0.0229. The predicted octanol–water partition coefficient (Wildman–Crippen LogP) is 1.61. The summed E-state index contributed by atoms with van der Waals surface area (Å²) in [6, 6.07) is 1.69. The van der Waals surface area contributed by atoms with Crippen LogP contribution in [0.3, 0.4) is 0 Å². The molecule has 1 amide bonds. The van der Waals surface area contributed by atoms with Crippen LogP contribution in [0.15, 0.2) is 10.6 Å². The lowest BCUT2D eigenvalue weighted by atomic mass is 10.1. The molecule has 0 saturated carbocycles. The van der Waals surface area contributed by atoms with Crippen LogP contribution < -0.4 is 0 Å². The molecule has 14 heavy (non-hydrogen) atoms. The summed E-state index contributed by atoms with van der Waals surface area (Å²) in [5, 5.41) is 3.71. The molecule has 0 aromatic carbocycles. The summed E-state index contributed by atoms with van der Waals surface area (Å²) >= 11 is 0. The minimum atomic E-state index is -0.0229. The zero-order valence-electron chi connectivity index (χ0n) is 8.32. The Labute approximate surface area is 82.9 Å². The van der Waals surface area contributed by atoms with E-state index in [1.165, 1.54) is 6.42 Å². The zero-order chi connectivity index (χ0) is 9.97. The molecule has 2 heterocycles. The number of aromatic nitrogens is 1. The van der Waals surface area contributed by atoms with Gasteiger partial charge in [-0.15, -0.1) is 0 Å². The average molecular weight is 194 g/mol. The highest BCUT2D eigenvalue weighted by atomic mass is 16.5. The van der Waals surface area contributed by atoms with E-state index < -0.39 is 0 Å². The first-order valence-corrected chi connectivity index (χ1v) is 5.00. The second-order valence-electron chi connectivity index (χ2n) is 3.69. The van der Waals surface area contributed by atoms with Gasteiger partial charge in [-0.05, 0) is 26.2 Å². The van der Waals surface area contributed by atoms with Crippen LogP contribution in [0.25, 0.3) is 0 Å². The van der Waals surface area contributed by atoms with Gasteiger partial charge in [-0.25, -0.2) is 0 Å². The van der Waals surface area contributed by atoms with Crippen LogP contribution >= 0.6 is 0 Å². The maximum atomic E-state index is 11.8. The second-order valence-corrected chi connectivity index (χ2v) is 3.69. The Balaban J connectivity index is 2.07. The molecule has 0 bridgehead atoms. The molecule has 1 aliphatic rings. The summed E-state index contributed by atoms with van der Waals surface area (Å²) in [7, 11) is 0. The summed E-state index contributed by atoms with van der Waals surface area (Å²) in [6.45, 7) is 3.51. The highest BCUT2D eigenvalue weighted by Gasteiger charge is 2.21. The van der Waals surface area contributed by atoms with Crippen LogP contribution in [-0.2, 0) is 0 Å². The van der Waals surface area contributed by atoms with Crippen molar-refractivity contribution in [3.63, 3.8) is 0 Å². The van der Waals surface area contributed by atoms with Gasteiger partial charge in [0.1, 0.15) is 0 Å². The lowest BCUT2D eigenvalue weighted by molar-refractivity contribution is 0.0682. The Bertz CT molecular complexity index is 327. The van der Waals surface area contributed by atoms with Gasteiger partial charge in [-0.3, -0.25) is 4.79 Å². The third-order valence-corrected chi connectivity index (χ3v) is 2.48. The number of hydrogen-bond acceptors (Lipinski definition) is 3. The van der Waals surface area contributed by atoms with Gasteiger partial charge < -0.3 is 9.42 Å². The quantitative estimate of drug-likeness (QED) is 0.682. The normalized spacial score (nSPS) is 17.1. The second kappa shape index (κ2) is 3.82. The summed E-state index contributed by atoms with van der Waals surface area (Å²) in [5.74, 6) is 0.342. The smallest absolute Gasteiger partial charge is 0.292 e. The van der Waals surface area contributed by atoms with E-state index in [2.05, 4.69) is 5.16 Å². The number of likely N-dealkylation sites (tertiary alicyclic amines) is 1. The lowest BCUT2D eigenvalue weighted by Gasteiger charge is -2.25. The maximum absolute atomic E-state index is 11.8. The van der Waals surface area contributed by atoms with Crippen molar-refractivity contribution in [3.8, 4) is 0 Å². The van der Waals surface area contributed by atoms with E-state index in [4.69, 9.17) is 4.52 Å². The Morgan fingerprint density at radius 3 is 2.71 bits per heavy atom. The standard InChI is InChI=1S/C10H14N2O2/c1-8-7-9(14-11-8)10(13)12-5-3-2-4-6-12/h7H,2-6H2,1H3. The van der Waals surface area contributed by atoms with Crippen LogP contribution in [0.1, 0.15) is 35.5 Å². The molecular formula is C10H14N2O2. The zero-order valence-corrected chi connectivity index (χ0v) is 8.32. The van der Waals surface area contributed by atoms with Crippen molar-refractivity contribution < 1.29 is 9.32 Å². The molecule has 1 aromatic heterocycles. The van der Waals surface area contributed by atoms with Crippen molar-refractivity contribution in [3.05, 3.63) is 17.5 Å². The highest BCUT2D eigenvalue weighted by molar-refractivity contribution is 5.91. The molecular weight excluding hydrogens is 180 g/mol. The van der Waals surface area contributed by atoms with Crippen molar-refractivity contribution in [2.75, 3.05) is 13.1 Å². The van der Waals surface area contributed by atoms with Crippen LogP contribution in [-0.4, -0.2) is 29.1 Å². The molecule has 0 spiro atoms. The first kappa shape index (κ1) is 9.24. The molecule has 0 radical (unpaired) electrons. The molecule has 76 valence electrons. The average Bonchev–Trinajstić information content (AvgIpc) is 2.65. The Morgan fingerprint density at radius 1 is 1.43 bits per heavy atom. The highest BCUT2D eigenvalue weighted by Crippen LogP contribution is 2.13. The van der Waals surface area contributed by atoms with Crippen molar-refractivity contribution in [2.24, 2.45) is 0 Å². The fraction of sp³-hybridized carbons (Fsp3) is 0.600. The van der Waals surface area contributed by atoms with Crippen LogP contribution in [0.4, 0.5) is 0 Å². The van der Waals surface area contributed by atoms with E-state index in [0.29, 0.717) is 5.76 Å². The summed E-state index contributed by atoms with van der Waals surface area (Å²) in [6.07, 6.45) is 3.41. The summed E-state index contributed by atoms with van der Waals surface area (Å²) in [5.41, 5.74) is 0.755. The number of nitrogens with zero attached hydrogens (tertiary/aromatic N) is 2. The molecule has 2 rings (SSSR count). The number of hydrogen-bond donors (Lipinski definition) is 0. The third kappa shape index (κ3) is 1.78. The van der Waals surface area contributed by atoms with E-state index >= 15 is 0 Å². The molecule has 0 aliphatic carbocycles. The molecule has 0 N–H and O–H groups in total. The monoisotopic (exact) mass is 194 g/mol. The lowest BCUT2D eigenvalue weighted by Crippen LogP contribution is -2.35. The Hall–Kier alpha value is -1.32. The predicted molar refractivity (Wildman–Crippen MR) is 51.0 cm³/mol. The first-order valence-electron chi connectivity index (χ1n) is 5.00. The first-order chi connectivity index (χ1) is 6.77. The van der Waals surface area contributed by atoms with Gasteiger partial charge in [0.2, 0.25) is 5.76 Å². The van der Waals surface area contributed by atoms with Gasteiger partial charge in [-0.2, -0.15) is 0 Å². The van der Waals surface area contributed by atoms with Gasteiger partial charge >= 0.3 is 0 Å². The Morgan fingerprint density at radius 2 is 2.14 bits per heavy atom. The molecule has 1 aromatic rings. The third-order valence-electron chi connectivity index (χ3n) is 2.48. The molecule has 1 fully saturated rings. The number of piperidine rings is 1. The SMILES string of the molecule is Cc1cc(C(=O)N2CCCCC2)on1. The van der Waals surface area contributed by atoms with E-state index in [1.807, 2.05) is 11.8 Å². The van der Waals surface area contributed by atoms with Gasteiger partial charge in [0.15, 0.2) is 0 Å². The number of carbonyl (C=O) groups excluding carboxylic acids is 1. The number of rotatable bonds is 1. The molecule has 4 nitrogen and oxygen atoms in total. The van der Waals surface area contributed by atoms with E-state index in [0.717, 1.165) is 31.6 Å². The molecule has 0 unspecified atom stereocenters. The fourth-order valence-electron chi connectivity index (χ4n) is 1.72. The van der Waals surface area contributed by atoms with Crippen molar-refractivity contribution in [1.29, 1.82) is 0 Å². The molecule has 1 saturated heterocycles. The van der Waals surface area contributed by atoms with Gasteiger partial charge in [0.25, 0.3) is 5.91 Å². The van der Waals surface area contributed by atoms with E-state index in [1.54, 1.807) is 6.07 Å². The number of carbonyl (C=O) groups is 1. The fourth-order valence-corrected chi connectivity index (χ4v) is 1.72. The van der Waals surface area contributed by atoms with Crippen molar-refractivity contribution >= 4 is 5.91 Å². The van der Waals surface area contributed by atoms with Crippen molar-refractivity contribution in [2.45, 2.75) is 26.2 Å². The number of amides is 1. The molecule has 4 heteroatoms. The van der Waals surface area contributed by atoms with Gasteiger partial charge in [-0.1, -0.05) is 5.16 Å². The van der Waals surface area contributed by atoms with E-state index in [9.17, 15) is 4.79 Å². The number of aryl methyl sites for hydroxylation is 1. The van der Waals surface area contributed by atoms with Crippen LogP contribution in [0, 0.1) is 6.92 Å². The maximum Gasteiger partial charge on any atom is 0.292 e. The summed E-state index contributed by atoms with van der Waals surface area (Å²) < 4.78 is 4.94. The van der Waals surface area contributed by atoms with Crippen LogP contribution in [0.2, 0.25) is 0 Å². The molecule has 1 aliphatic heterocycles. The largest absolute Gasteiger partial charge is 0.351 e. The van der Waals surface area contributed by atoms with E-state index in [-0.39, 0.29) is 5.91 Å². The minimum Gasteiger partial charge on any atom is -0.351 e. The van der Waals surface area contributed by atoms with Gasteiger partial charge in [0, 0.05) is 19.2 Å². The van der Waals surface area contributed by atoms with Crippen molar-refractivity contribution in [1.82, 2.24) is 10.1 Å². The Kier molecular flexibility index (Phi) is 2.52. The summed E-state index contributed by atoms with van der Waals surface area (Å²) in [4.78, 5) is 13.6. The topological polar surface area (TPSA) is 46.3 Å². The molecule has 0 atom stereocenters.